The van der Waals surface area contributed by atoms with Crippen molar-refractivity contribution in [3.05, 3.63) is 64.7 Å². The maximum Gasteiger partial charge on any atom is 0.241 e. The highest BCUT2D eigenvalue weighted by Gasteiger charge is 2.22. The standard InChI is InChI=1S/C21H28N2O3S/c1-6-18-7-9-19(10-8-18)17(4)22-21(24)14-23(27(5,25)26)20-12-15(2)11-16(3)13-20/h7-13,17H,6,14H2,1-5H3,(H,22,24)/t17-/m0/s1. The number of carbonyl (C=O) groups excluding carboxylic acids is 1. The minimum absolute atomic E-state index is 0.205. The molecule has 5 nitrogen and oxygen atoms in total. The zero-order chi connectivity index (χ0) is 20.2. The number of sulfonamides is 1. The molecule has 0 heterocycles. The molecule has 0 saturated heterocycles. The van der Waals surface area contributed by atoms with E-state index in [0.29, 0.717) is 5.69 Å². The van der Waals surface area contributed by atoms with Crippen molar-refractivity contribution in [2.45, 2.75) is 40.2 Å². The zero-order valence-corrected chi connectivity index (χ0v) is 17.4. The lowest BCUT2D eigenvalue weighted by Gasteiger charge is -2.24. The molecule has 0 spiro atoms. The number of hydrogen-bond acceptors (Lipinski definition) is 3. The van der Waals surface area contributed by atoms with E-state index in [1.165, 1.54) is 5.56 Å². The van der Waals surface area contributed by atoms with Crippen LogP contribution in [0, 0.1) is 13.8 Å². The number of amides is 1. The third-order valence-corrected chi connectivity index (χ3v) is 5.59. The molecule has 0 unspecified atom stereocenters. The molecule has 0 radical (unpaired) electrons. The van der Waals surface area contributed by atoms with Crippen molar-refractivity contribution < 1.29 is 13.2 Å². The second-order valence-corrected chi connectivity index (χ2v) is 8.91. The highest BCUT2D eigenvalue weighted by atomic mass is 32.2. The predicted molar refractivity (Wildman–Crippen MR) is 110 cm³/mol. The Labute approximate surface area is 162 Å². The van der Waals surface area contributed by atoms with E-state index in [-0.39, 0.29) is 18.5 Å². The molecular weight excluding hydrogens is 360 g/mol. The van der Waals surface area contributed by atoms with Gasteiger partial charge in [-0.05, 0) is 61.6 Å². The Hall–Kier alpha value is -2.34. The first-order valence-corrected chi connectivity index (χ1v) is 10.9. The summed E-state index contributed by atoms with van der Waals surface area (Å²) in [5.41, 5.74) is 4.62. The van der Waals surface area contributed by atoms with Gasteiger partial charge in [0, 0.05) is 0 Å². The Kier molecular flexibility index (Phi) is 6.65. The van der Waals surface area contributed by atoms with Crippen LogP contribution in [0.15, 0.2) is 42.5 Å². The molecule has 0 bridgehead atoms. The Morgan fingerprint density at radius 2 is 1.63 bits per heavy atom. The van der Waals surface area contributed by atoms with Crippen LogP contribution < -0.4 is 9.62 Å². The predicted octanol–water partition coefficient (Wildman–Crippen LogP) is 3.51. The normalized spacial score (nSPS) is 12.5. The number of carbonyl (C=O) groups is 1. The van der Waals surface area contributed by atoms with Gasteiger partial charge < -0.3 is 5.32 Å². The maximum absolute atomic E-state index is 12.5. The second-order valence-electron chi connectivity index (χ2n) is 7.00. The van der Waals surface area contributed by atoms with E-state index in [1.807, 2.05) is 51.1 Å². The summed E-state index contributed by atoms with van der Waals surface area (Å²) in [6.07, 6.45) is 2.07. The summed E-state index contributed by atoms with van der Waals surface area (Å²) in [7, 11) is -3.58. The summed E-state index contributed by atoms with van der Waals surface area (Å²) in [4.78, 5) is 12.5. The molecule has 1 N–H and O–H groups in total. The van der Waals surface area contributed by atoms with Gasteiger partial charge in [0.05, 0.1) is 18.0 Å². The monoisotopic (exact) mass is 388 g/mol. The summed E-state index contributed by atoms with van der Waals surface area (Å²) < 4.78 is 25.7. The van der Waals surface area contributed by atoms with Crippen LogP contribution in [0.1, 0.15) is 42.1 Å². The molecule has 6 heteroatoms. The minimum atomic E-state index is -3.58. The average Bonchev–Trinajstić information content (AvgIpc) is 2.57. The molecule has 1 atom stereocenters. The fourth-order valence-corrected chi connectivity index (χ4v) is 3.88. The van der Waals surface area contributed by atoms with Crippen LogP contribution in [0.2, 0.25) is 0 Å². The molecule has 0 aliphatic heterocycles. The molecule has 1 amide bonds. The number of hydrogen-bond donors (Lipinski definition) is 1. The summed E-state index contributed by atoms with van der Waals surface area (Å²) >= 11 is 0. The van der Waals surface area contributed by atoms with Gasteiger partial charge in [0.1, 0.15) is 6.54 Å². The third kappa shape index (κ3) is 5.82. The van der Waals surface area contributed by atoms with Crippen LogP contribution in [0.4, 0.5) is 5.69 Å². The lowest BCUT2D eigenvalue weighted by Crippen LogP contribution is -2.41. The number of rotatable bonds is 7. The van der Waals surface area contributed by atoms with E-state index >= 15 is 0 Å². The third-order valence-electron chi connectivity index (χ3n) is 4.45. The SMILES string of the molecule is CCc1ccc([C@H](C)NC(=O)CN(c2cc(C)cc(C)c2)S(C)(=O)=O)cc1. The Balaban J connectivity index is 2.16. The van der Waals surface area contributed by atoms with Crippen molar-refractivity contribution in [1.82, 2.24) is 5.32 Å². The molecule has 2 aromatic carbocycles. The van der Waals surface area contributed by atoms with E-state index in [4.69, 9.17) is 0 Å². The van der Waals surface area contributed by atoms with Crippen molar-refractivity contribution in [3.8, 4) is 0 Å². The molecule has 0 saturated carbocycles. The van der Waals surface area contributed by atoms with Crippen LogP contribution in [-0.2, 0) is 21.2 Å². The molecule has 0 aliphatic rings. The van der Waals surface area contributed by atoms with Gasteiger partial charge in [0.25, 0.3) is 0 Å². The van der Waals surface area contributed by atoms with Crippen molar-refractivity contribution in [2.75, 3.05) is 17.1 Å². The smallest absolute Gasteiger partial charge is 0.241 e. The molecule has 0 aliphatic carbocycles. The fraction of sp³-hybridized carbons (Fsp3) is 0.381. The van der Waals surface area contributed by atoms with Crippen LogP contribution >= 0.6 is 0 Å². The highest BCUT2D eigenvalue weighted by molar-refractivity contribution is 7.92. The van der Waals surface area contributed by atoms with Gasteiger partial charge in [-0.15, -0.1) is 0 Å². The van der Waals surface area contributed by atoms with Gasteiger partial charge in [-0.25, -0.2) is 8.42 Å². The summed E-state index contributed by atoms with van der Waals surface area (Å²) in [5, 5.41) is 2.89. The van der Waals surface area contributed by atoms with Gasteiger partial charge in [-0.1, -0.05) is 37.3 Å². The number of anilines is 1. The van der Waals surface area contributed by atoms with Crippen LogP contribution in [0.25, 0.3) is 0 Å². The molecular formula is C21H28N2O3S. The first kappa shape index (κ1) is 21.0. The van der Waals surface area contributed by atoms with Crippen LogP contribution in [0.3, 0.4) is 0 Å². The summed E-state index contributed by atoms with van der Waals surface area (Å²) in [6.45, 7) is 7.53. The van der Waals surface area contributed by atoms with E-state index in [2.05, 4.69) is 12.2 Å². The molecule has 0 aromatic heterocycles. The lowest BCUT2D eigenvalue weighted by atomic mass is 10.1. The summed E-state index contributed by atoms with van der Waals surface area (Å²) in [5.74, 6) is -0.341. The Morgan fingerprint density at radius 1 is 1.07 bits per heavy atom. The first-order chi connectivity index (χ1) is 12.6. The largest absolute Gasteiger partial charge is 0.348 e. The zero-order valence-electron chi connectivity index (χ0n) is 16.6. The van der Waals surface area contributed by atoms with Crippen molar-refractivity contribution in [3.63, 3.8) is 0 Å². The fourth-order valence-electron chi connectivity index (χ4n) is 3.04. The molecule has 0 fully saturated rings. The topological polar surface area (TPSA) is 66.5 Å². The summed E-state index contributed by atoms with van der Waals surface area (Å²) in [6, 6.07) is 13.4. The van der Waals surface area contributed by atoms with E-state index in [1.54, 1.807) is 12.1 Å². The van der Waals surface area contributed by atoms with Crippen molar-refractivity contribution in [2.24, 2.45) is 0 Å². The molecule has 27 heavy (non-hydrogen) atoms. The molecule has 146 valence electrons. The van der Waals surface area contributed by atoms with E-state index < -0.39 is 10.0 Å². The van der Waals surface area contributed by atoms with Crippen molar-refractivity contribution in [1.29, 1.82) is 0 Å². The maximum atomic E-state index is 12.5. The van der Waals surface area contributed by atoms with Gasteiger partial charge in [-0.3, -0.25) is 9.10 Å². The van der Waals surface area contributed by atoms with E-state index in [9.17, 15) is 13.2 Å². The lowest BCUT2D eigenvalue weighted by molar-refractivity contribution is -0.120. The van der Waals surface area contributed by atoms with Gasteiger partial charge >= 0.3 is 0 Å². The van der Waals surface area contributed by atoms with Crippen molar-refractivity contribution >= 4 is 21.6 Å². The van der Waals surface area contributed by atoms with E-state index in [0.717, 1.165) is 33.7 Å². The average molecular weight is 389 g/mol. The number of nitrogens with zero attached hydrogens (tertiary/aromatic N) is 1. The quantitative estimate of drug-likeness (QED) is 0.789. The molecule has 2 rings (SSSR count). The Bertz CT molecular complexity index is 885. The molecule has 2 aromatic rings. The number of nitrogens with one attached hydrogen (secondary N) is 1. The van der Waals surface area contributed by atoms with Gasteiger partial charge in [0.2, 0.25) is 15.9 Å². The number of aryl methyl sites for hydroxylation is 3. The minimum Gasteiger partial charge on any atom is -0.348 e. The first-order valence-electron chi connectivity index (χ1n) is 9.04. The second kappa shape index (κ2) is 8.57. The Morgan fingerprint density at radius 3 is 2.11 bits per heavy atom. The highest BCUT2D eigenvalue weighted by Crippen LogP contribution is 2.21. The number of benzene rings is 2. The van der Waals surface area contributed by atoms with Crippen LogP contribution in [-0.4, -0.2) is 27.1 Å². The van der Waals surface area contributed by atoms with Gasteiger partial charge in [-0.2, -0.15) is 0 Å². The van der Waals surface area contributed by atoms with Gasteiger partial charge in [0.15, 0.2) is 0 Å². The van der Waals surface area contributed by atoms with Crippen LogP contribution in [0.5, 0.6) is 0 Å².